The summed E-state index contributed by atoms with van der Waals surface area (Å²) in [5, 5.41) is 3.52. The minimum absolute atomic E-state index is 0.0951. The molecule has 3 atom stereocenters. The van der Waals surface area contributed by atoms with Crippen LogP contribution < -0.4 is 5.32 Å². The Morgan fingerprint density at radius 1 is 1.19 bits per heavy atom. The molecule has 1 aromatic carbocycles. The maximum absolute atomic E-state index is 12.9. The predicted molar refractivity (Wildman–Crippen MR) is 85.8 cm³/mol. The number of nitrogens with one attached hydrogen (secondary N) is 1. The lowest BCUT2D eigenvalue weighted by Crippen LogP contribution is -2.49. The zero-order valence-corrected chi connectivity index (χ0v) is 13.7. The van der Waals surface area contributed by atoms with Gasteiger partial charge in [-0.15, -0.1) is 0 Å². The summed E-state index contributed by atoms with van der Waals surface area (Å²) in [4.78, 5) is 17.0. The number of hydrogen-bond donors (Lipinski definition) is 1. The first-order chi connectivity index (χ1) is 9.91. The molecule has 0 spiro atoms. The first kappa shape index (κ1) is 16.0. The minimum atomic E-state index is -0.219. The van der Waals surface area contributed by atoms with Crippen LogP contribution in [0, 0.1) is 5.92 Å². The van der Waals surface area contributed by atoms with Crippen molar-refractivity contribution in [2.45, 2.75) is 39.0 Å². The summed E-state index contributed by atoms with van der Waals surface area (Å²) >= 11 is 0. The van der Waals surface area contributed by atoms with Gasteiger partial charge in [-0.25, -0.2) is 0 Å². The van der Waals surface area contributed by atoms with Gasteiger partial charge in [0.2, 0.25) is 5.91 Å². The molecule has 0 saturated carbocycles. The van der Waals surface area contributed by atoms with Crippen molar-refractivity contribution < 1.29 is 4.79 Å². The summed E-state index contributed by atoms with van der Waals surface area (Å²) in [5.74, 6) is 0.571. The van der Waals surface area contributed by atoms with Gasteiger partial charge in [-0.2, -0.15) is 0 Å². The number of benzene rings is 1. The van der Waals surface area contributed by atoms with E-state index in [0.29, 0.717) is 5.92 Å². The van der Waals surface area contributed by atoms with E-state index in [0.717, 1.165) is 12.1 Å². The Morgan fingerprint density at radius 3 is 2.33 bits per heavy atom. The van der Waals surface area contributed by atoms with E-state index in [2.05, 4.69) is 31.0 Å². The van der Waals surface area contributed by atoms with Crippen LogP contribution in [0.1, 0.15) is 32.4 Å². The second-order valence-corrected chi connectivity index (χ2v) is 6.56. The molecule has 1 fully saturated rings. The molecule has 21 heavy (non-hydrogen) atoms. The normalized spacial score (nSPS) is 24.1. The summed E-state index contributed by atoms with van der Waals surface area (Å²) in [7, 11) is 4.09. The number of amides is 1. The van der Waals surface area contributed by atoms with Gasteiger partial charge in [0.25, 0.3) is 0 Å². The lowest BCUT2D eigenvalue weighted by molar-refractivity contribution is -0.132. The van der Waals surface area contributed by atoms with Crippen molar-refractivity contribution in [2.24, 2.45) is 5.92 Å². The van der Waals surface area contributed by atoms with Crippen molar-refractivity contribution in [1.82, 2.24) is 15.1 Å². The molecule has 1 amide bonds. The van der Waals surface area contributed by atoms with E-state index in [-0.39, 0.29) is 24.2 Å². The van der Waals surface area contributed by atoms with E-state index >= 15 is 0 Å². The molecular formula is C17H27N3O. The first-order valence-electron chi connectivity index (χ1n) is 7.69. The molecule has 2 rings (SSSR count). The fraction of sp³-hybridized carbons (Fsp3) is 0.588. The topological polar surface area (TPSA) is 35.6 Å². The number of carbonyl (C=O) groups excluding carboxylic acids is 1. The molecule has 1 heterocycles. The standard InChI is InChI=1S/C17H27N3O/c1-12(2)16-18-15(14-9-7-6-8-10-14)17(21)20(16)13(3)11-19(4)5/h6-10,12-13,15-16,18H,11H2,1-5H3. The quantitative estimate of drug-likeness (QED) is 0.901. The van der Waals surface area contributed by atoms with Gasteiger partial charge < -0.3 is 9.80 Å². The van der Waals surface area contributed by atoms with Crippen LogP contribution in [0.4, 0.5) is 0 Å². The molecule has 0 bridgehead atoms. The average Bonchev–Trinajstić information content (AvgIpc) is 2.77. The Bertz CT molecular complexity index is 472. The summed E-state index contributed by atoms with van der Waals surface area (Å²) in [5.41, 5.74) is 1.05. The lowest BCUT2D eigenvalue weighted by Gasteiger charge is -2.34. The third kappa shape index (κ3) is 3.44. The third-order valence-corrected chi connectivity index (χ3v) is 4.01. The maximum atomic E-state index is 12.9. The second-order valence-electron chi connectivity index (χ2n) is 6.56. The van der Waals surface area contributed by atoms with Crippen LogP contribution >= 0.6 is 0 Å². The molecule has 3 unspecified atom stereocenters. The van der Waals surface area contributed by atoms with Gasteiger partial charge in [0.1, 0.15) is 6.04 Å². The highest BCUT2D eigenvalue weighted by molar-refractivity contribution is 5.86. The number of nitrogens with zero attached hydrogens (tertiary/aromatic N) is 2. The van der Waals surface area contributed by atoms with E-state index < -0.39 is 0 Å². The predicted octanol–water partition coefficient (Wildman–Crippen LogP) is 2.09. The van der Waals surface area contributed by atoms with Crippen molar-refractivity contribution in [3.63, 3.8) is 0 Å². The molecular weight excluding hydrogens is 262 g/mol. The molecule has 4 heteroatoms. The Labute approximate surface area is 128 Å². The van der Waals surface area contributed by atoms with Gasteiger partial charge in [0.15, 0.2) is 0 Å². The van der Waals surface area contributed by atoms with Crippen molar-refractivity contribution in [3.8, 4) is 0 Å². The largest absolute Gasteiger partial charge is 0.321 e. The third-order valence-electron chi connectivity index (χ3n) is 4.01. The van der Waals surface area contributed by atoms with Crippen LogP contribution in [0.5, 0.6) is 0 Å². The molecule has 0 radical (unpaired) electrons. The van der Waals surface area contributed by atoms with E-state index in [1.54, 1.807) is 0 Å². The maximum Gasteiger partial charge on any atom is 0.245 e. The highest BCUT2D eigenvalue weighted by Gasteiger charge is 2.43. The van der Waals surface area contributed by atoms with Crippen molar-refractivity contribution in [1.29, 1.82) is 0 Å². The van der Waals surface area contributed by atoms with Crippen LogP contribution in [0.3, 0.4) is 0 Å². The Kier molecular flexibility index (Phi) is 5.01. The molecule has 1 aliphatic heterocycles. The van der Waals surface area contributed by atoms with Gasteiger partial charge in [0, 0.05) is 12.6 Å². The van der Waals surface area contributed by atoms with Gasteiger partial charge in [-0.1, -0.05) is 44.2 Å². The minimum Gasteiger partial charge on any atom is -0.321 e. The molecule has 1 aliphatic rings. The highest BCUT2D eigenvalue weighted by atomic mass is 16.2. The van der Waals surface area contributed by atoms with Crippen LogP contribution in [0.2, 0.25) is 0 Å². The van der Waals surface area contributed by atoms with E-state index in [1.807, 2.05) is 49.3 Å². The molecule has 0 aliphatic carbocycles. The summed E-state index contributed by atoms with van der Waals surface area (Å²) in [6.45, 7) is 7.32. The van der Waals surface area contributed by atoms with E-state index in [9.17, 15) is 4.79 Å². The average molecular weight is 289 g/mol. The summed E-state index contributed by atoms with van der Waals surface area (Å²) < 4.78 is 0. The molecule has 1 aromatic rings. The Morgan fingerprint density at radius 2 is 1.81 bits per heavy atom. The Balaban J connectivity index is 2.24. The first-order valence-corrected chi connectivity index (χ1v) is 7.69. The summed E-state index contributed by atoms with van der Waals surface area (Å²) in [6, 6.07) is 9.97. The van der Waals surface area contributed by atoms with Crippen LogP contribution in [0.15, 0.2) is 30.3 Å². The zero-order valence-electron chi connectivity index (χ0n) is 13.7. The zero-order chi connectivity index (χ0) is 15.6. The van der Waals surface area contributed by atoms with Crippen molar-refractivity contribution >= 4 is 5.91 Å². The second kappa shape index (κ2) is 6.58. The van der Waals surface area contributed by atoms with E-state index in [1.165, 1.54) is 0 Å². The van der Waals surface area contributed by atoms with Crippen LogP contribution in [-0.2, 0) is 4.79 Å². The highest BCUT2D eigenvalue weighted by Crippen LogP contribution is 2.29. The number of carbonyl (C=O) groups is 1. The number of hydrogen-bond acceptors (Lipinski definition) is 3. The summed E-state index contributed by atoms with van der Waals surface area (Å²) in [6.07, 6.45) is 0.0951. The van der Waals surface area contributed by atoms with E-state index in [4.69, 9.17) is 0 Å². The van der Waals surface area contributed by atoms with Gasteiger partial charge >= 0.3 is 0 Å². The van der Waals surface area contributed by atoms with Gasteiger partial charge in [-0.05, 0) is 32.5 Å². The SMILES string of the molecule is CC(C)C1NC(c2ccccc2)C(=O)N1C(C)CN(C)C. The molecule has 0 aromatic heterocycles. The lowest BCUT2D eigenvalue weighted by atomic mass is 10.1. The number of rotatable bonds is 5. The smallest absolute Gasteiger partial charge is 0.245 e. The van der Waals surface area contributed by atoms with Gasteiger partial charge in [-0.3, -0.25) is 10.1 Å². The monoisotopic (exact) mass is 289 g/mol. The van der Waals surface area contributed by atoms with Crippen molar-refractivity contribution in [2.75, 3.05) is 20.6 Å². The molecule has 1 N–H and O–H groups in total. The van der Waals surface area contributed by atoms with Crippen LogP contribution in [0.25, 0.3) is 0 Å². The van der Waals surface area contributed by atoms with Gasteiger partial charge in [0.05, 0.1) is 6.17 Å². The molecule has 1 saturated heterocycles. The fourth-order valence-corrected chi connectivity index (χ4v) is 3.11. The molecule has 116 valence electrons. The molecule has 4 nitrogen and oxygen atoms in total. The fourth-order valence-electron chi connectivity index (χ4n) is 3.11. The van der Waals surface area contributed by atoms with Crippen molar-refractivity contribution in [3.05, 3.63) is 35.9 Å². The number of likely N-dealkylation sites (N-methyl/N-ethyl adjacent to an activating group) is 1. The Hall–Kier alpha value is -1.39. The van der Waals surface area contributed by atoms with Crippen LogP contribution in [-0.4, -0.2) is 48.6 Å².